The van der Waals surface area contributed by atoms with Crippen molar-refractivity contribution < 1.29 is 4.79 Å². The van der Waals surface area contributed by atoms with Crippen LogP contribution in [0.4, 0.5) is 5.69 Å². The summed E-state index contributed by atoms with van der Waals surface area (Å²) in [5.74, 6) is -0.301. The van der Waals surface area contributed by atoms with Crippen molar-refractivity contribution in [1.82, 2.24) is 4.98 Å². The van der Waals surface area contributed by atoms with E-state index in [4.69, 9.17) is 0 Å². The van der Waals surface area contributed by atoms with Crippen LogP contribution in [-0.2, 0) is 11.2 Å². The van der Waals surface area contributed by atoms with Gasteiger partial charge in [-0.2, -0.15) is 0 Å². The van der Waals surface area contributed by atoms with Gasteiger partial charge >= 0.3 is 0 Å². The topological polar surface area (TPSA) is 42.0 Å². The highest BCUT2D eigenvalue weighted by molar-refractivity contribution is 6.03. The molecule has 0 aliphatic rings. The fourth-order valence-corrected chi connectivity index (χ4v) is 3.99. The second kappa shape index (κ2) is 8.91. The molecule has 30 heavy (non-hydrogen) atoms. The zero-order valence-corrected chi connectivity index (χ0v) is 17.4. The lowest BCUT2D eigenvalue weighted by molar-refractivity contribution is -0.118. The van der Waals surface area contributed by atoms with Crippen LogP contribution in [0.15, 0.2) is 91.1 Å². The molecule has 1 heterocycles. The molecule has 0 spiro atoms. The molecule has 3 heteroatoms. The van der Waals surface area contributed by atoms with Crippen LogP contribution in [0.5, 0.6) is 0 Å². The fourth-order valence-electron chi connectivity index (χ4n) is 3.99. The van der Waals surface area contributed by atoms with Crippen molar-refractivity contribution in [2.24, 2.45) is 0 Å². The predicted molar refractivity (Wildman–Crippen MR) is 124 cm³/mol. The number of anilines is 1. The molecule has 150 valence electrons. The molecule has 0 radical (unpaired) electrons. The van der Waals surface area contributed by atoms with Crippen LogP contribution in [0, 0.1) is 0 Å². The number of fused-ring (bicyclic) bond motifs is 1. The summed E-state index contributed by atoms with van der Waals surface area (Å²) < 4.78 is 0. The van der Waals surface area contributed by atoms with E-state index in [9.17, 15) is 4.79 Å². The Morgan fingerprint density at radius 2 is 1.60 bits per heavy atom. The van der Waals surface area contributed by atoms with Gasteiger partial charge in [-0.05, 0) is 41.2 Å². The second-order valence-corrected chi connectivity index (χ2v) is 7.64. The van der Waals surface area contributed by atoms with Crippen molar-refractivity contribution >= 4 is 22.5 Å². The number of rotatable bonds is 6. The van der Waals surface area contributed by atoms with E-state index in [0.717, 1.165) is 34.1 Å². The van der Waals surface area contributed by atoms with Gasteiger partial charge in [0.1, 0.15) is 0 Å². The van der Waals surface area contributed by atoms with Crippen molar-refractivity contribution in [3.63, 3.8) is 0 Å². The number of carbonyl (C=O) groups is 1. The van der Waals surface area contributed by atoms with E-state index in [2.05, 4.69) is 48.4 Å². The third-order valence-electron chi connectivity index (χ3n) is 5.75. The van der Waals surface area contributed by atoms with Crippen LogP contribution < -0.4 is 5.32 Å². The monoisotopic (exact) mass is 394 g/mol. The van der Waals surface area contributed by atoms with Crippen LogP contribution in [0.3, 0.4) is 0 Å². The van der Waals surface area contributed by atoms with Gasteiger partial charge in [0.2, 0.25) is 5.91 Å². The first kappa shape index (κ1) is 19.8. The lowest BCUT2D eigenvalue weighted by Gasteiger charge is -2.25. The Kier molecular flexibility index (Phi) is 5.89. The highest BCUT2D eigenvalue weighted by atomic mass is 16.1. The molecular weight excluding hydrogens is 368 g/mol. The summed E-state index contributed by atoms with van der Waals surface area (Å²) in [5, 5.41) is 4.16. The molecule has 0 fully saturated rings. The zero-order chi connectivity index (χ0) is 20.9. The van der Waals surface area contributed by atoms with Crippen molar-refractivity contribution in [3.05, 3.63) is 108 Å². The smallest absolute Gasteiger partial charge is 0.232 e. The number of benzene rings is 3. The molecule has 3 nitrogen and oxygen atoms in total. The van der Waals surface area contributed by atoms with Crippen LogP contribution in [0.1, 0.15) is 42.4 Å². The normalized spacial score (nSPS) is 13.0. The first-order valence-corrected chi connectivity index (χ1v) is 10.5. The number of carbonyl (C=O) groups excluding carboxylic acids is 1. The molecule has 4 aromatic rings. The summed E-state index contributed by atoms with van der Waals surface area (Å²) in [4.78, 5) is 18.0. The molecule has 4 rings (SSSR count). The molecule has 0 aliphatic carbocycles. The van der Waals surface area contributed by atoms with Crippen LogP contribution >= 0.6 is 0 Å². The Morgan fingerprint density at radius 1 is 0.867 bits per heavy atom. The van der Waals surface area contributed by atoms with Gasteiger partial charge in [-0.25, -0.2) is 0 Å². The number of hydrogen-bond donors (Lipinski definition) is 1. The predicted octanol–water partition coefficient (Wildman–Crippen LogP) is 6.32. The number of nitrogens with zero attached hydrogens (tertiary/aromatic N) is 1. The number of para-hydroxylation sites is 1. The van der Waals surface area contributed by atoms with Crippen molar-refractivity contribution in [2.75, 3.05) is 5.32 Å². The quantitative estimate of drug-likeness (QED) is 0.415. The molecule has 0 unspecified atom stereocenters. The lowest BCUT2D eigenvalue weighted by atomic mass is 9.81. The van der Waals surface area contributed by atoms with Crippen molar-refractivity contribution in [2.45, 2.75) is 32.1 Å². The highest BCUT2D eigenvalue weighted by Gasteiger charge is 2.28. The number of aromatic nitrogens is 1. The van der Waals surface area contributed by atoms with Gasteiger partial charge in [0.15, 0.2) is 0 Å². The summed E-state index contributed by atoms with van der Waals surface area (Å²) in [6.45, 7) is 4.27. The molecule has 3 aromatic carbocycles. The molecule has 0 aliphatic heterocycles. The van der Waals surface area contributed by atoms with Gasteiger partial charge in [-0.3, -0.25) is 9.78 Å². The van der Waals surface area contributed by atoms with Gasteiger partial charge in [-0.1, -0.05) is 86.6 Å². The minimum absolute atomic E-state index is 0.0218. The molecule has 1 N–H and O–H groups in total. The maximum Gasteiger partial charge on any atom is 0.232 e. The molecule has 1 aromatic heterocycles. The first-order valence-electron chi connectivity index (χ1n) is 10.5. The van der Waals surface area contributed by atoms with Crippen LogP contribution in [0.25, 0.3) is 10.9 Å². The minimum atomic E-state index is -0.308. The van der Waals surface area contributed by atoms with E-state index in [0.29, 0.717) is 0 Å². The van der Waals surface area contributed by atoms with E-state index in [1.54, 1.807) is 6.20 Å². The molecule has 0 bridgehead atoms. The Labute approximate surface area is 177 Å². The third-order valence-corrected chi connectivity index (χ3v) is 5.75. The van der Waals surface area contributed by atoms with Crippen LogP contribution in [-0.4, -0.2) is 10.9 Å². The van der Waals surface area contributed by atoms with Gasteiger partial charge in [0, 0.05) is 11.6 Å². The van der Waals surface area contributed by atoms with E-state index < -0.39 is 0 Å². The van der Waals surface area contributed by atoms with E-state index in [-0.39, 0.29) is 17.7 Å². The maximum atomic E-state index is 13.6. The van der Waals surface area contributed by atoms with Gasteiger partial charge in [-0.15, -0.1) is 0 Å². The Bertz CT molecular complexity index is 1130. The average molecular weight is 395 g/mol. The van der Waals surface area contributed by atoms with E-state index in [1.807, 2.05) is 60.7 Å². The van der Waals surface area contributed by atoms with E-state index in [1.165, 1.54) is 5.56 Å². The summed E-state index contributed by atoms with van der Waals surface area (Å²) >= 11 is 0. The average Bonchev–Trinajstić information content (AvgIpc) is 2.80. The SMILES string of the molecule is CCc1ccc([C@@H](C)[C@@H](C(=O)Nc2cccc3cccnc23)c2ccccc2)cc1. The van der Waals surface area contributed by atoms with Crippen molar-refractivity contribution in [3.8, 4) is 0 Å². The molecule has 1 amide bonds. The molecule has 0 saturated heterocycles. The van der Waals surface area contributed by atoms with Gasteiger partial charge in [0.25, 0.3) is 0 Å². The summed E-state index contributed by atoms with van der Waals surface area (Å²) in [7, 11) is 0. The number of aryl methyl sites for hydroxylation is 1. The Morgan fingerprint density at radius 3 is 2.33 bits per heavy atom. The summed E-state index contributed by atoms with van der Waals surface area (Å²) in [6, 6.07) is 28.4. The Balaban J connectivity index is 1.69. The zero-order valence-electron chi connectivity index (χ0n) is 17.4. The first-order chi connectivity index (χ1) is 14.7. The number of hydrogen-bond acceptors (Lipinski definition) is 2. The lowest BCUT2D eigenvalue weighted by Crippen LogP contribution is -2.25. The standard InChI is InChI=1S/C27H26N2O/c1-3-20-14-16-21(17-15-20)19(2)25(22-9-5-4-6-10-22)27(30)29-24-13-7-11-23-12-8-18-28-26(23)24/h4-19,25H,3H2,1-2H3,(H,29,30)/t19-,25-/m1/s1. The summed E-state index contributed by atoms with van der Waals surface area (Å²) in [6.07, 6.45) is 2.76. The minimum Gasteiger partial charge on any atom is -0.324 e. The van der Waals surface area contributed by atoms with Crippen LogP contribution in [0.2, 0.25) is 0 Å². The molecule has 2 atom stereocenters. The third kappa shape index (κ3) is 4.11. The van der Waals surface area contributed by atoms with E-state index >= 15 is 0 Å². The Hall–Kier alpha value is -3.46. The number of pyridine rings is 1. The largest absolute Gasteiger partial charge is 0.324 e. The second-order valence-electron chi connectivity index (χ2n) is 7.64. The maximum absolute atomic E-state index is 13.6. The van der Waals surface area contributed by atoms with Gasteiger partial charge < -0.3 is 5.32 Å². The fraction of sp³-hybridized carbons (Fsp3) is 0.185. The molecule has 0 saturated carbocycles. The number of amides is 1. The molecular formula is C27H26N2O. The van der Waals surface area contributed by atoms with Crippen molar-refractivity contribution in [1.29, 1.82) is 0 Å². The van der Waals surface area contributed by atoms with Gasteiger partial charge in [0.05, 0.1) is 17.1 Å². The summed E-state index contributed by atoms with van der Waals surface area (Å²) in [5.41, 5.74) is 5.02. The highest BCUT2D eigenvalue weighted by Crippen LogP contribution is 2.34. The number of nitrogens with one attached hydrogen (secondary N) is 1.